The average molecular weight is 639 g/mol. The van der Waals surface area contributed by atoms with Crippen LogP contribution in [0.4, 0.5) is 4.79 Å². The van der Waals surface area contributed by atoms with E-state index in [1.165, 1.54) is 0 Å². The lowest BCUT2D eigenvalue weighted by molar-refractivity contribution is 0.0345. The Labute approximate surface area is 234 Å². The van der Waals surface area contributed by atoms with E-state index < -0.39 is 25.4 Å². The number of imidazole rings is 1. The Balaban J connectivity index is 2.19. The van der Waals surface area contributed by atoms with Crippen LogP contribution >= 0.6 is 22.6 Å². The number of halogens is 1. The van der Waals surface area contributed by atoms with Crippen LogP contribution in [0.25, 0.3) is 11.3 Å². The number of carbonyl (C=O) groups is 1. The first-order chi connectivity index (χ1) is 17.0. The molecule has 1 unspecified atom stereocenters. The van der Waals surface area contributed by atoms with Crippen LogP contribution in [0.5, 0.6) is 0 Å². The second kappa shape index (κ2) is 10.5. The summed E-state index contributed by atoms with van der Waals surface area (Å²) in [4.78, 5) is 16.6. The van der Waals surface area contributed by atoms with E-state index in [9.17, 15) is 4.79 Å². The summed E-state index contributed by atoms with van der Waals surface area (Å²) in [5.41, 5.74) is 5.48. The zero-order valence-corrected chi connectivity index (χ0v) is 26.4. The topological polar surface area (TPSA) is 105 Å². The number of hydrogen-bond donors (Lipinski definition) is 1. The highest BCUT2D eigenvalue weighted by Crippen LogP contribution is 2.46. The third-order valence-electron chi connectivity index (χ3n) is 7.45. The van der Waals surface area contributed by atoms with E-state index in [2.05, 4.69) is 82.4 Å². The van der Waals surface area contributed by atoms with Gasteiger partial charge in [0, 0.05) is 27.6 Å². The van der Waals surface area contributed by atoms with Crippen LogP contribution in [0.2, 0.25) is 18.1 Å². The molecule has 0 fully saturated rings. The number of ether oxygens (including phenoxy) is 1. The van der Waals surface area contributed by atoms with Crippen molar-refractivity contribution in [2.45, 2.75) is 78.2 Å². The first-order valence-electron chi connectivity index (χ1n) is 12.4. The maximum Gasteiger partial charge on any atom is 0.404 e. The van der Waals surface area contributed by atoms with E-state index in [0.29, 0.717) is 17.3 Å². The fourth-order valence-electron chi connectivity index (χ4n) is 4.23. The molecule has 3 rings (SSSR count). The van der Waals surface area contributed by atoms with Gasteiger partial charge in [0.15, 0.2) is 14.1 Å². The van der Waals surface area contributed by atoms with Crippen LogP contribution in [0.15, 0.2) is 47.2 Å². The van der Waals surface area contributed by atoms with Gasteiger partial charge < -0.3 is 24.0 Å². The van der Waals surface area contributed by atoms with E-state index in [4.69, 9.17) is 24.4 Å². The molecule has 0 bridgehead atoms. The second-order valence-electron chi connectivity index (χ2n) is 12.0. The summed E-state index contributed by atoms with van der Waals surface area (Å²) in [6, 6.07) is 9.91. The Morgan fingerprint density at radius 1 is 1.16 bits per heavy atom. The first-order valence-corrected chi connectivity index (χ1v) is 16.4. The van der Waals surface area contributed by atoms with Gasteiger partial charge in [-0.2, -0.15) is 0 Å². The second-order valence-corrected chi connectivity index (χ2v) is 18.0. The molecular formula is C27H39IN4O4Si. The van der Waals surface area contributed by atoms with Crippen molar-refractivity contribution in [1.82, 2.24) is 14.7 Å². The Morgan fingerprint density at radius 3 is 2.32 bits per heavy atom. The molecule has 0 saturated carbocycles. The number of benzene rings is 1. The highest BCUT2D eigenvalue weighted by molar-refractivity contribution is 14.1. The molecule has 2 aromatic heterocycles. The molecule has 202 valence electrons. The minimum atomic E-state index is -2.11. The van der Waals surface area contributed by atoms with Gasteiger partial charge in [-0.05, 0) is 65.2 Å². The Hall–Kier alpha value is -2.18. The largest absolute Gasteiger partial charge is 0.447 e. The summed E-state index contributed by atoms with van der Waals surface area (Å²) in [6.45, 7) is 19.2. The molecule has 0 spiro atoms. The van der Waals surface area contributed by atoms with E-state index >= 15 is 0 Å². The van der Waals surface area contributed by atoms with E-state index in [0.717, 1.165) is 9.13 Å². The van der Waals surface area contributed by atoms with Gasteiger partial charge in [-0.1, -0.05) is 58.8 Å². The number of amides is 1. The smallest absolute Gasteiger partial charge is 0.404 e. The highest BCUT2D eigenvalue weighted by atomic mass is 127. The minimum Gasteiger partial charge on any atom is -0.447 e. The number of nitrogens with two attached hydrogens (primary N) is 1. The molecule has 2 heterocycles. The summed E-state index contributed by atoms with van der Waals surface area (Å²) >= 11 is 2.27. The molecule has 0 aliphatic heterocycles. The van der Waals surface area contributed by atoms with E-state index in [1.807, 2.05) is 48.0 Å². The van der Waals surface area contributed by atoms with Crippen LogP contribution < -0.4 is 5.73 Å². The van der Waals surface area contributed by atoms with Crippen LogP contribution in [0.3, 0.4) is 0 Å². The summed E-state index contributed by atoms with van der Waals surface area (Å²) < 4.78 is 21.2. The van der Waals surface area contributed by atoms with Gasteiger partial charge in [0.05, 0.1) is 0 Å². The van der Waals surface area contributed by atoms with Crippen molar-refractivity contribution in [3.8, 4) is 11.3 Å². The fourth-order valence-corrected chi connectivity index (χ4v) is 5.94. The van der Waals surface area contributed by atoms with Crippen molar-refractivity contribution < 1.29 is 18.5 Å². The average Bonchev–Trinajstić information content (AvgIpc) is 3.43. The molecule has 1 aromatic carbocycles. The molecule has 3 aromatic rings. The molecule has 10 heteroatoms. The van der Waals surface area contributed by atoms with Gasteiger partial charge in [0.2, 0.25) is 0 Å². The van der Waals surface area contributed by atoms with Gasteiger partial charge in [-0.25, -0.2) is 9.78 Å². The summed E-state index contributed by atoms with van der Waals surface area (Å²) in [6.07, 6.45) is 2.46. The molecule has 8 nitrogen and oxygen atoms in total. The third-order valence-corrected chi connectivity index (χ3v) is 12.7. The van der Waals surface area contributed by atoms with Crippen LogP contribution in [0.1, 0.15) is 66.1 Å². The molecule has 1 amide bonds. The van der Waals surface area contributed by atoms with Gasteiger partial charge in [0.25, 0.3) is 0 Å². The number of primary amides is 1. The number of aromatic nitrogens is 3. The minimum absolute atomic E-state index is 0.0311. The van der Waals surface area contributed by atoms with Crippen LogP contribution in [-0.2, 0) is 14.7 Å². The maximum atomic E-state index is 11.9. The van der Waals surface area contributed by atoms with Crippen molar-refractivity contribution in [2.24, 2.45) is 11.1 Å². The fraction of sp³-hybridized carbons (Fsp3) is 0.519. The third kappa shape index (κ3) is 5.96. The zero-order chi connectivity index (χ0) is 27.8. The molecule has 2 atom stereocenters. The molecule has 0 radical (unpaired) electrons. The maximum absolute atomic E-state index is 11.9. The first kappa shape index (κ1) is 29.4. The van der Waals surface area contributed by atoms with Crippen molar-refractivity contribution in [3.63, 3.8) is 0 Å². The Morgan fingerprint density at radius 2 is 1.78 bits per heavy atom. The highest BCUT2D eigenvalue weighted by Gasteiger charge is 2.51. The molecule has 0 aliphatic rings. The van der Waals surface area contributed by atoms with Crippen LogP contribution in [0, 0.1) is 8.99 Å². The van der Waals surface area contributed by atoms with Crippen molar-refractivity contribution in [1.29, 1.82) is 0 Å². The lowest BCUT2D eigenvalue weighted by Gasteiger charge is -2.45. The van der Waals surface area contributed by atoms with Gasteiger partial charge in [0.1, 0.15) is 29.8 Å². The Bertz CT molecular complexity index is 1220. The van der Waals surface area contributed by atoms with Gasteiger partial charge in [-0.15, -0.1) is 0 Å². The molecule has 0 saturated heterocycles. The SMILES string of the molecule is CC(O[Si](C)(C)C(C)(C)C)c1nccn1[C@@](COC(N)=O)(c1cc(-c2ccc(I)cc2)on1)C(C)(C)C. The summed E-state index contributed by atoms with van der Waals surface area (Å²) in [5, 5.41) is 4.54. The monoisotopic (exact) mass is 638 g/mol. The predicted octanol–water partition coefficient (Wildman–Crippen LogP) is 7.11. The number of rotatable bonds is 8. The van der Waals surface area contributed by atoms with Crippen molar-refractivity contribution >= 4 is 37.0 Å². The lowest BCUT2D eigenvalue weighted by atomic mass is 9.71. The number of hydrogen-bond acceptors (Lipinski definition) is 6. The van der Waals surface area contributed by atoms with E-state index in [1.54, 1.807) is 6.20 Å². The molecular weight excluding hydrogens is 599 g/mol. The summed E-state index contributed by atoms with van der Waals surface area (Å²) in [5.74, 6) is 1.33. The molecule has 37 heavy (non-hydrogen) atoms. The molecule has 0 aliphatic carbocycles. The normalized spacial score (nSPS) is 15.3. The zero-order valence-electron chi connectivity index (χ0n) is 23.3. The van der Waals surface area contributed by atoms with Gasteiger partial charge in [-0.3, -0.25) is 0 Å². The van der Waals surface area contributed by atoms with Crippen molar-refractivity contribution in [2.75, 3.05) is 6.61 Å². The summed E-state index contributed by atoms with van der Waals surface area (Å²) in [7, 11) is -2.11. The predicted molar refractivity (Wildman–Crippen MR) is 156 cm³/mol. The number of carbonyl (C=O) groups excluding carboxylic acids is 1. The lowest BCUT2D eigenvalue weighted by Crippen LogP contribution is -2.52. The van der Waals surface area contributed by atoms with Gasteiger partial charge >= 0.3 is 6.09 Å². The van der Waals surface area contributed by atoms with Crippen molar-refractivity contribution in [3.05, 3.63) is 57.8 Å². The molecule has 2 N–H and O–H groups in total. The van der Waals surface area contributed by atoms with E-state index in [-0.39, 0.29) is 17.7 Å². The standard InChI is InChI=1S/C27H39IN4O4Si/c1-18(36-37(8,9)26(5,6)7)23-30-14-15-32(23)27(25(2,3)4,17-34-24(29)33)22-16-21(35-31-22)19-10-12-20(28)13-11-19/h10-16,18H,17H2,1-9H3,(H2,29,33)/t18?,27-/m0/s1. The Kier molecular flexibility index (Phi) is 8.36. The quantitative estimate of drug-likeness (QED) is 0.208. The number of nitrogens with zero attached hydrogens (tertiary/aromatic N) is 3. The van der Waals surface area contributed by atoms with Crippen LogP contribution in [-0.4, -0.2) is 35.7 Å².